The Morgan fingerprint density at radius 2 is 1.59 bits per heavy atom. The number of hydrogen-bond acceptors (Lipinski definition) is 6. The molecule has 164 valence electrons. The van der Waals surface area contributed by atoms with Gasteiger partial charge in [0.1, 0.15) is 11.5 Å². The Morgan fingerprint density at radius 1 is 0.969 bits per heavy atom. The van der Waals surface area contributed by atoms with Gasteiger partial charge in [0.2, 0.25) is 0 Å². The number of amides is 1. The van der Waals surface area contributed by atoms with E-state index in [0.29, 0.717) is 34.0 Å². The Hall–Kier alpha value is -4.03. The number of aryl methyl sites for hydroxylation is 1. The van der Waals surface area contributed by atoms with Crippen LogP contribution in [0.3, 0.4) is 0 Å². The highest BCUT2D eigenvalue weighted by Gasteiger charge is 2.18. The van der Waals surface area contributed by atoms with Crippen molar-refractivity contribution in [3.8, 4) is 17.6 Å². The molecule has 0 saturated heterocycles. The van der Waals surface area contributed by atoms with Crippen LogP contribution in [0.4, 0.5) is 11.4 Å². The summed E-state index contributed by atoms with van der Waals surface area (Å²) < 4.78 is 38.7. The van der Waals surface area contributed by atoms with Gasteiger partial charge >= 0.3 is 0 Å². The molecule has 0 bridgehead atoms. The van der Waals surface area contributed by atoms with Crippen LogP contribution in [-0.4, -0.2) is 28.0 Å². The molecule has 9 heteroatoms. The van der Waals surface area contributed by atoms with Gasteiger partial charge < -0.3 is 14.8 Å². The minimum atomic E-state index is -3.88. The molecular formula is C23H21N3O5S. The normalized spacial score (nSPS) is 10.7. The van der Waals surface area contributed by atoms with E-state index in [1.807, 2.05) is 6.07 Å². The quantitative estimate of drug-likeness (QED) is 0.539. The number of anilines is 2. The topological polar surface area (TPSA) is 118 Å². The van der Waals surface area contributed by atoms with Crippen molar-refractivity contribution >= 4 is 27.3 Å². The number of nitrogens with zero attached hydrogens (tertiary/aromatic N) is 1. The highest BCUT2D eigenvalue weighted by atomic mass is 32.2. The predicted octanol–water partition coefficient (Wildman–Crippen LogP) is 3.69. The van der Waals surface area contributed by atoms with Crippen LogP contribution in [0.2, 0.25) is 0 Å². The van der Waals surface area contributed by atoms with Gasteiger partial charge in [-0.25, -0.2) is 8.42 Å². The lowest BCUT2D eigenvalue weighted by molar-refractivity contribution is -0.118. The number of methoxy groups -OCH3 is 1. The number of ether oxygens (including phenoxy) is 2. The molecule has 32 heavy (non-hydrogen) atoms. The summed E-state index contributed by atoms with van der Waals surface area (Å²) >= 11 is 0. The van der Waals surface area contributed by atoms with Gasteiger partial charge in [-0.3, -0.25) is 9.52 Å². The molecule has 1 amide bonds. The van der Waals surface area contributed by atoms with Crippen LogP contribution in [0.25, 0.3) is 0 Å². The average molecular weight is 452 g/mol. The number of sulfonamides is 1. The van der Waals surface area contributed by atoms with E-state index in [4.69, 9.17) is 14.7 Å². The van der Waals surface area contributed by atoms with Crippen LogP contribution in [0.5, 0.6) is 11.5 Å². The molecule has 0 unspecified atom stereocenters. The molecule has 0 saturated carbocycles. The SMILES string of the molecule is COc1ccc(NS(=O)(=O)c2cc(NC(=O)COc3ccc(C#N)cc3)ccc2C)cc1. The van der Waals surface area contributed by atoms with Crippen molar-refractivity contribution in [1.29, 1.82) is 5.26 Å². The number of rotatable bonds is 8. The van der Waals surface area contributed by atoms with Gasteiger partial charge in [0.15, 0.2) is 6.61 Å². The first-order valence-electron chi connectivity index (χ1n) is 9.51. The van der Waals surface area contributed by atoms with E-state index in [0.717, 1.165) is 0 Å². The number of nitriles is 1. The first-order valence-corrected chi connectivity index (χ1v) is 11.0. The third kappa shape index (κ3) is 5.77. The second kappa shape index (κ2) is 9.85. The molecule has 3 aromatic carbocycles. The first-order chi connectivity index (χ1) is 15.3. The van der Waals surface area contributed by atoms with Gasteiger partial charge in [-0.2, -0.15) is 5.26 Å². The number of nitrogens with one attached hydrogen (secondary N) is 2. The van der Waals surface area contributed by atoms with Crippen LogP contribution < -0.4 is 19.5 Å². The maximum Gasteiger partial charge on any atom is 0.262 e. The smallest absolute Gasteiger partial charge is 0.262 e. The summed E-state index contributed by atoms with van der Waals surface area (Å²) in [5.41, 5.74) is 1.71. The highest BCUT2D eigenvalue weighted by Crippen LogP contribution is 2.24. The zero-order chi connectivity index (χ0) is 23.1. The summed E-state index contributed by atoms with van der Waals surface area (Å²) in [6.07, 6.45) is 0. The van der Waals surface area contributed by atoms with E-state index in [2.05, 4.69) is 10.0 Å². The van der Waals surface area contributed by atoms with Crippen LogP contribution in [-0.2, 0) is 14.8 Å². The number of benzene rings is 3. The fourth-order valence-electron chi connectivity index (χ4n) is 2.81. The van der Waals surface area contributed by atoms with Crippen LogP contribution in [0.15, 0.2) is 71.6 Å². The van der Waals surface area contributed by atoms with E-state index in [1.165, 1.54) is 13.2 Å². The van der Waals surface area contributed by atoms with E-state index < -0.39 is 15.9 Å². The number of carbonyl (C=O) groups excluding carboxylic acids is 1. The standard InChI is InChI=1S/C23H21N3O5S/c1-16-3-6-19(25-23(27)15-31-21-9-4-17(14-24)5-10-21)13-22(16)32(28,29)26-18-7-11-20(30-2)12-8-18/h3-13,26H,15H2,1-2H3,(H,25,27). The number of hydrogen-bond donors (Lipinski definition) is 2. The molecule has 0 radical (unpaired) electrons. The summed E-state index contributed by atoms with van der Waals surface area (Å²) in [6, 6.07) is 19.4. The molecule has 0 spiro atoms. The molecular weight excluding hydrogens is 430 g/mol. The molecule has 3 aromatic rings. The summed E-state index contributed by atoms with van der Waals surface area (Å²) in [5, 5.41) is 11.4. The van der Waals surface area contributed by atoms with E-state index >= 15 is 0 Å². The molecule has 0 aliphatic heterocycles. The van der Waals surface area contributed by atoms with Gasteiger partial charge in [0.25, 0.3) is 15.9 Å². The zero-order valence-corrected chi connectivity index (χ0v) is 18.3. The van der Waals surface area contributed by atoms with Crippen molar-refractivity contribution in [3.63, 3.8) is 0 Å². The molecule has 0 atom stereocenters. The predicted molar refractivity (Wildman–Crippen MR) is 120 cm³/mol. The zero-order valence-electron chi connectivity index (χ0n) is 17.5. The van der Waals surface area contributed by atoms with Gasteiger partial charge in [0.05, 0.1) is 23.6 Å². The minimum Gasteiger partial charge on any atom is -0.497 e. The van der Waals surface area contributed by atoms with Gasteiger partial charge in [-0.1, -0.05) is 6.07 Å². The third-order valence-corrected chi connectivity index (χ3v) is 5.98. The Morgan fingerprint density at radius 3 is 2.22 bits per heavy atom. The van der Waals surface area contributed by atoms with E-state index in [9.17, 15) is 13.2 Å². The summed E-state index contributed by atoms with van der Waals surface area (Å²) in [7, 11) is -2.36. The third-order valence-electron chi connectivity index (χ3n) is 4.46. The van der Waals surface area contributed by atoms with Gasteiger partial charge in [0, 0.05) is 11.4 Å². The Bertz CT molecular complexity index is 1250. The largest absolute Gasteiger partial charge is 0.497 e. The van der Waals surface area contributed by atoms with Crippen molar-refractivity contribution in [2.45, 2.75) is 11.8 Å². The maximum atomic E-state index is 12.9. The first kappa shape index (κ1) is 22.7. The van der Waals surface area contributed by atoms with Crippen molar-refractivity contribution < 1.29 is 22.7 Å². The van der Waals surface area contributed by atoms with Crippen LogP contribution in [0.1, 0.15) is 11.1 Å². The average Bonchev–Trinajstić information content (AvgIpc) is 2.79. The molecule has 3 rings (SSSR count). The molecule has 0 aromatic heterocycles. The second-order valence-corrected chi connectivity index (χ2v) is 8.44. The van der Waals surface area contributed by atoms with Crippen molar-refractivity contribution in [2.75, 3.05) is 23.8 Å². The molecule has 2 N–H and O–H groups in total. The lowest BCUT2D eigenvalue weighted by Crippen LogP contribution is -2.21. The highest BCUT2D eigenvalue weighted by molar-refractivity contribution is 7.92. The fourth-order valence-corrected chi connectivity index (χ4v) is 4.14. The molecule has 8 nitrogen and oxygen atoms in total. The van der Waals surface area contributed by atoms with Crippen molar-refractivity contribution in [2.24, 2.45) is 0 Å². The van der Waals surface area contributed by atoms with Crippen molar-refractivity contribution in [3.05, 3.63) is 77.9 Å². The minimum absolute atomic E-state index is 0.0409. The monoisotopic (exact) mass is 451 g/mol. The lowest BCUT2D eigenvalue weighted by Gasteiger charge is -2.13. The maximum absolute atomic E-state index is 12.9. The molecule has 0 fully saturated rings. The van der Waals surface area contributed by atoms with Crippen LogP contribution >= 0.6 is 0 Å². The summed E-state index contributed by atoms with van der Waals surface area (Å²) in [6.45, 7) is 1.40. The van der Waals surface area contributed by atoms with Gasteiger partial charge in [-0.05, 0) is 73.2 Å². The van der Waals surface area contributed by atoms with Crippen LogP contribution in [0, 0.1) is 18.3 Å². The Kier molecular flexibility index (Phi) is 6.97. The molecule has 0 aliphatic rings. The molecule has 0 heterocycles. The van der Waals surface area contributed by atoms with Crippen molar-refractivity contribution in [1.82, 2.24) is 0 Å². The summed E-state index contributed by atoms with van der Waals surface area (Å²) in [4.78, 5) is 12.3. The number of carbonyl (C=O) groups is 1. The van der Waals surface area contributed by atoms with E-state index in [-0.39, 0.29) is 11.5 Å². The van der Waals surface area contributed by atoms with E-state index in [1.54, 1.807) is 67.6 Å². The summed E-state index contributed by atoms with van der Waals surface area (Å²) in [5.74, 6) is 0.594. The lowest BCUT2D eigenvalue weighted by atomic mass is 10.2. The molecule has 0 aliphatic carbocycles. The Labute approximate surface area is 186 Å². The second-order valence-electron chi connectivity index (χ2n) is 6.79. The fraction of sp³-hybridized carbons (Fsp3) is 0.130. The Balaban J connectivity index is 1.68. The van der Waals surface area contributed by atoms with Gasteiger partial charge in [-0.15, -0.1) is 0 Å².